The number of nitrogens with zero attached hydrogens (tertiary/aromatic N) is 1. The second-order valence-electron chi connectivity index (χ2n) is 7.38. The Kier molecular flexibility index (Phi) is 5.71. The highest BCUT2D eigenvalue weighted by atomic mass is 19.4. The Bertz CT molecular complexity index is 1450. The second kappa shape index (κ2) is 8.42. The minimum absolute atomic E-state index is 0.0476. The van der Waals surface area contributed by atoms with Crippen LogP contribution < -0.4 is 26.6 Å². The third-order valence-electron chi connectivity index (χ3n) is 5.30. The van der Waals surface area contributed by atoms with Crippen LogP contribution in [0.15, 0.2) is 58.1 Å². The Balaban J connectivity index is 1.95. The molecular weight excluding hydrogens is 476 g/mol. The summed E-state index contributed by atoms with van der Waals surface area (Å²) in [6.07, 6.45) is -5.52. The third kappa shape index (κ3) is 3.74. The van der Waals surface area contributed by atoms with Crippen molar-refractivity contribution in [3.05, 3.63) is 86.3 Å². The molecule has 0 spiro atoms. The Morgan fingerprint density at radius 3 is 2.37 bits per heavy atom. The van der Waals surface area contributed by atoms with Crippen LogP contribution in [-0.4, -0.2) is 34.1 Å². The lowest BCUT2D eigenvalue weighted by Gasteiger charge is -2.30. The van der Waals surface area contributed by atoms with Gasteiger partial charge >= 0.3 is 11.9 Å². The number of amides is 2. The molecule has 0 fully saturated rings. The van der Waals surface area contributed by atoms with E-state index in [0.29, 0.717) is 4.57 Å². The van der Waals surface area contributed by atoms with Crippen LogP contribution >= 0.6 is 0 Å². The van der Waals surface area contributed by atoms with Gasteiger partial charge in [0.15, 0.2) is 0 Å². The van der Waals surface area contributed by atoms with Crippen LogP contribution in [0.3, 0.4) is 0 Å². The predicted molar refractivity (Wildman–Crippen MR) is 114 cm³/mol. The van der Waals surface area contributed by atoms with Gasteiger partial charge in [0.25, 0.3) is 22.9 Å². The summed E-state index contributed by atoms with van der Waals surface area (Å²) >= 11 is 0. The van der Waals surface area contributed by atoms with Crippen molar-refractivity contribution in [3.8, 4) is 11.4 Å². The average Bonchev–Trinajstić information content (AvgIpc) is 3.08. The summed E-state index contributed by atoms with van der Waals surface area (Å²) in [4.78, 5) is 52.7. The monoisotopic (exact) mass is 492 g/mol. The molecule has 1 aromatic heterocycles. The topological polar surface area (TPSA) is 122 Å². The lowest BCUT2D eigenvalue weighted by molar-refractivity contribution is -0.196. The number of halogens is 4. The maximum Gasteiger partial charge on any atom is 0.425 e. The van der Waals surface area contributed by atoms with E-state index in [-0.39, 0.29) is 23.6 Å². The largest absolute Gasteiger partial charge is 0.493 e. The first-order valence-corrected chi connectivity index (χ1v) is 10.1. The molecule has 1 aliphatic rings. The third-order valence-corrected chi connectivity index (χ3v) is 5.30. The number of fused-ring (bicyclic) bond motifs is 1. The molecule has 0 bridgehead atoms. The molecule has 182 valence electrons. The first-order valence-electron chi connectivity index (χ1n) is 10.1. The minimum atomic E-state index is -5.52. The number of alkyl halides is 3. The molecule has 13 heteroatoms. The van der Waals surface area contributed by atoms with Crippen LogP contribution in [0.1, 0.15) is 22.8 Å². The minimum Gasteiger partial charge on any atom is -0.493 e. The molecule has 2 heterocycles. The Hall–Kier alpha value is -4.42. The fourth-order valence-electron chi connectivity index (χ4n) is 3.79. The number of benzene rings is 2. The SMILES string of the molecule is CCOc1ccccc1C(=O)N[C@]1(C(F)(F)F)C(=O)Nc2c1c(=O)[nH]c(=O)n2-c1ccc(F)cc1. The molecule has 3 aromatic rings. The number of ether oxygens (including phenoxy) is 1. The Labute approximate surface area is 193 Å². The van der Waals surface area contributed by atoms with E-state index in [1.54, 1.807) is 17.2 Å². The molecule has 4 rings (SSSR count). The number of hydrogen-bond acceptors (Lipinski definition) is 5. The van der Waals surface area contributed by atoms with Crippen LogP contribution in [0, 0.1) is 5.82 Å². The molecule has 0 radical (unpaired) electrons. The lowest BCUT2D eigenvalue weighted by Crippen LogP contribution is -2.62. The van der Waals surface area contributed by atoms with Gasteiger partial charge in [-0.1, -0.05) is 12.1 Å². The molecule has 1 aliphatic heterocycles. The van der Waals surface area contributed by atoms with Gasteiger partial charge in [0, 0.05) is 0 Å². The number of para-hydroxylation sites is 1. The summed E-state index contributed by atoms with van der Waals surface area (Å²) in [7, 11) is 0. The number of carbonyl (C=O) groups is 2. The number of nitrogens with one attached hydrogen (secondary N) is 3. The van der Waals surface area contributed by atoms with Gasteiger partial charge in [-0.15, -0.1) is 0 Å². The second-order valence-corrected chi connectivity index (χ2v) is 7.38. The predicted octanol–water partition coefficient (Wildman–Crippen LogP) is 2.20. The summed E-state index contributed by atoms with van der Waals surface area (Å²) in [6.45, 7) is 1.70. The van der Waals surface area contributed by atoms with Gasteiger partial charge in [0.05, 0.1) is 17.9 Å². The van der Waals surface area contributed by atoms with Crippen molar-refractivity contribution in [2.75, 3.05) is 11.9 Å². The number of carbonyl (C=O) groups excluding carboxylic acids is 2. The Morgan fingerprint density at radius 2 is 1.74 bits per heavy atom. The maximum atomic E-state index is 14.5. The van der Waals surface area contributed by atoms with Gasteiger partial charge in [-0.2, -0.15) is 13.2 Å². The quantitative estimate of drug-likeness (QED) is 0.472. The molecule has 2 aromatic carbocycles. The molecule has 0 unspecified atom stereocenters. The van der Waals surface area contributed by atoms with E-state index in [9.17, 15) is 36.7 Å². The fraction of sp³-hybridized carbons (Fsp3) is 0.182. The molecule has 0 saturated carbocycles. The maximum absolute atomic E-state index is 14.5. The number of H-pyrrole nitrogens is 1. The first-order chi connectivity index (χ1) is 16.5. The molecule has 2 amide bonds. The highest BCUT2D eigenvalue weighted by molar-refractivity contribution is 6.10. The highest BCUT2D eigenvalue weighted by Gasteiger charge is 2.68. The Morgan fingerprint density at radius 1 is 1.09 bits per heavy atom. The van der Waals surface area contributed by atoms with Crippen LogP contribution in [0.2, 0.25) is 0 Å². The first kappa shape index (κ1) is 23.7. The summed E-state index contributed by atoms with van der Waals surface area (Å²) in [5, 5.41) is 3.55. The molecular formula is C22H16F4N4O5. The van der Waals surface area contributed by atoms with E-state index in [1.807, 2.05) is 5.32 Å². The fourth-order valence-corrected chi connectivity index (χ4v) is 3.79. The zero-order valence-electron chi connectivity index (χ0n) is 17.8. The van der Waals surface area contributed by atoms with Crippen molar-refractivity contribution in [1.82, 2.24) is 14.9 Å². The van der Waals surface area contributed by atoms with Gasteiger partial charge in [-0.25, -0.2) is 13.8 Å². The van der Waals surface area contributed by atoms with Crippen LogP contribution in [0.25, 0.3) is 5.69 Å². The summed E-state index contributed by atoms with van der Waals surface area (Å²) in [5.74, 6) is -4.72. The van der Waals surface area contributed by atoms with Crippen LogP contribution in [0.5, 0.6) is 5.75 Å². The van der Waals surface area contributed by atoms with Crippen LogP contribution in [0.4, 0.5) is 23.4 Å². The lowest BCUT2D eigenvalue weighted by atomic mass is 9.91. The number of rotatable bonds is 5. The molecule has 3 N–H and O–H groups in total. The van der Waals surface area contributed by atoms with Gasteiger partial charge < -0.3 is 15.4 Å². The van der Waals surface area contributed by atoms with E-state index >= 15 is 0 Å². The average molecular weight is 492 g/mol. The van der Waals surface area contributed by atoms with Crippen molar-refractivity contribution in [2.45, 2.75) is 18.6 Å². The zero-order chi connectivity index (χ0) is 25.5. The number of anilines is 1. The number of hydrogen-bond donors (Lipinski definition) is 3. The standard InChI is InChI=1S/C22H16F4N4O5/c1-2-35-14-6-4-3-5-13(14)17(31)29-21(22(24,25)26)15-16(27-19(21)33)30(20(34)28-18(15)32)12-9-7-11(23)8-10-12/h3-10H,2H2,1H3,(H,27,33)(H,29,31)(H,28,32,34)/t21-/m0/s1. The summed E-state index contributed by atoms with van der Waals surface area (Å²) in [6, 6.07) is 9.38. The molecule has 35 heavy (non-hydrogen) atoms. The van der Waals surface area contributed by atoms with Gasteiger partial charge in [0.2, 0.25) is 0 Å². The highest BCUT2D eigenvalue weighted by Crippen LogP contribution is 2.45. The van der Waals surface area contributed by atoms with Crippen LogP contribution in [-0.2, 0) is 10.3 Å². The van der Waals surface area contributed by atoms with Gasteiger partial charge in [0.1, 0.15) is 22.9 Å². The van der Waals surface area contributed by atoms with E-state index in [4.69, 9.17) is 4.74 Å². The van der Waals surface area contributed by atoms with Crippen molar-refractivity contribution >= 4 is 17.6 Å². The number of aromatic nitrogens is 2. The van der Waals surface area contributed by atoms with Gasteiger partial charge in [-0.05, 0) is 43.3 Å². The summed E-state index contributed by atoms with van der Waals surface area (Å²) in [5.41, 5.74) is -8.29. The van der Waals surface area contributed by atoms with Crippen molar-refractivity contribution in [3.63, 3.8) is 0 Å². The van der Waals surface area contributed by atoms with Crippen molar-refractivity contribution in [1.29, 1.82) is 0 Å². The van der Waals surface area contributed by atoms with Crippen molar-refractivity contribution < 1.29 is 31.9 Å². The van der Waals surface area contributed by atoms with E-state index in [0.717, 1.165) is 24.3 Å². The van der Waals surface area contributed by atoms with Crippen molar-refractivity contribution in [2.24, 2.45) is 0 Å². The zero-order valence-corrected chi connectivity index (χ0v) is 17.8. The molecule has 0 saturated heterocycles. The summed E-state index contributed by atoms with van der Waals surface area (Å²) < 4.78 is 62.8. The number of aromatic amines is 1. The molecule has 9 nitrogen and oxygen atoms in total. The molecule has 1 atom stereocenters. The molecule has 0 aliphatic carbocycles. The smallest absolute Gasteiger partial charge is 0.425 e. The normalized spacial score (nSPS) is 17.0. The van der Waals surface area contributed by atoms with Gasteiger partial charge in [-0.3, -0.25) is 19.4 Å². The van der Waals surface area contributed by atoms with E-state index in [1.165, 1.54) is 24.3 Å². The van der Waals surface area contributed by atoms with E-state index < -0.39 is 52.0 Å². The van der Waals surface area contributed by atoms with E-state index in [2.05, 4.69) is 0 Å².